The van der Waals surface area contributed by atoms with E-state index in [9.17, 15) is 19.2 Å². The van der Waals surface area contributed by atoms with Crippen LogP contribution in [0.5, 0.6) is 0 Å². The lowest BCUT2D eigenvalue weighted by Crippen LogP contribution is -2.30. The predicted molar refractivity (Wildman–Crippen MR) is 202 cm³/mol. The highest BCUT2D eigenvalue weighted by Crippen LogP contribution is 2.39. The number of methoxy groups -OCH3 is 1. The number of thiophene rings is 1. The maximum absolute atomic E-state index is 13.6. The van der Waals surface area contributed by atoms with Crippen molar-refractivity contribution in [3.63, 3.8) is 0 Å². The molecule has 0 radical (unpaired) electrons. The summed E-state index contributed by atoms with van der Waals surface area (Å²) in [5.74, 6) is -0.622. The molecular weight excluding hydrogens is 683 g/mol. The number of amides is 3. The molecule has 0 saturated heterocycles. The Balaban J connectivity index is 1.13. The molecule has 11 heteroatoms. The van der Waals surface area contributed by atoms with Crippen molar-refractivity contribution in [2.45, 2.75) is 49.7 Å². The zero-order valence-electron chi connectivity index (χ0n) is 28.4. The van der Waals surface area contributed by atoms with Crippen LogP contribution in [0.4, 0.5) is 10.7 Å². The number of benzene rings is 3. The SMILES string of the molecule is COC(=O)c1c(NC(=O)C(C)Sc2ccc(NC(=O)C(=Cc3ccc(-c4ccc(C)cc4)o3)NC(=O)c3ccccc3)cc2)sc2c1CCCC2. The molecule has 0 saturated carbocycles. The third-order valence-electron chi connectivity index (χ3n) is 8.37. The number of ether oxygens (including phenoxy) is 1. The normalized spacial score (nSPS) is 13.1. The van der Waals surface area contributed by atoms with Gasteiger partial charge in [0, 0.05) is 32.7 Å². The minimum atomic E-state index is -0.541. The number of rotatable bonds is 11. The van der Waals surface area contributed by atoms with E-state index in [-0.39, 0.29) is 11.6 Å². The van der Waals surface area contributed by atoms with Gasteiger partial charge in [-0.25, -0.2) is 4.79 Å². The van der Waals surface area contributed by atoms with Crippen LogP contribution in [0.1, 0.15) is 62.2 Å². The first-order valence-electron chi connectivity index (χ1n) is 16.5. The molecule has 1 atom stereocenters. The van der Waals surface area contributed by atoms with Crippen LogP contribution in [-0.4, -0.2) is 36.1 Å². The predicted octanol–water partition coefficient (Wildman–Crippen LogP) is 8.51. The first kappa shape index (κ1) is 35.4. The van der Waals surface area contributed by atoms with Crippen LogP contribution < -0.4 is 16.0 Å². The Labute approximate surface area is 304 Å². The number of aryl methyl sites for hydroxylation is 2. The lowest BCUT2D eigenvalue weighted by molar-refractivity contribution is -0.115. The number of carbonyl (C=O) groups excluding carboxylic acids is 4. The number of carbonyl (C=O) groups is 4. The Morgan fingerprint density at radius 3 is 2.33 bits per heavy atom. The van der Waals surface area contributed by atoms with Gasteiger partial charge in [-0.3, -0.25) is 14.4 Å². The molecule has 5 aromatic rings. The first-order chi connectivity index (χ1) is 24.7. The topological polar surface area (TPSA) is 127 Å². The molecule has 1 aliphatic rings. The van der Waals surface area contributed by atoms with Gasteiger partial charge in [-0.2, -0.15) is 0 Å². The van der Waals surface area contributed by atoms with Gasteiger partial charge in [-0.1, -0.05) is 48.0 Å². The summed E-state index contributed by atoms with van der Waals surface area (Å²) in [5, 5.41) is 8.61. The Hall–Kier alpha value is -5.39. The fourth-order valence-corrected chi connectivity index (χ4v) is 7.79. The minimum Gasteiger partial charge on any atom is -0.465 e. The summed E-state index contributed by atoms with van der Waals surface area (Å²) < 4.78 is 11.1. The van der Waals surface area contributed by atoms with Crippen molar-refractivity contribution in [2.75, 3.05) is 17.7 Å². The third-order valence-corrected chi connectivity index (χ3v) is 10.7. The smallest absolute Gasteiger partial charge is 0.341 e. The zero-order valence-corrected chi connectivity index (χ0v) is 30.0. The van der Waals surface area contributed by atoms with Gasteiger partial charge in [-0.15, -0.1) is 23.1 Å². The van der Waals surface area contributed by atoms with Crippen molar-refractivity contribution in [2.24, 2.45) is 0 Å². The largest absolute Gasteiger partial charge is 0.465 e. The number of furan rings is 1. The van der Waals surface area contributed by atoms with Crippen LogP contribution in [-0.2, 0) is 27.2 Å². The van der Waals surface area contributed by atoms with E-state index >= 15 is 0 Å². The van der Waals surface area contributed by atoms with E-state index in [0.717, 1.165) is 52.1 Å². The molecule has 0 fully saturated rings. The molecule has 2 heterocycles. The highest BCUT2D eigenvalue weighted by Gasteiger charge is 2.28. The molecule has 2 aromatic heterocycles. The molecule has 1 aliphatic carbocycles. The van der Waals surface area contributed by atoms with E-state index in [2.05, 4.69) is 16.0 Å². The molecule has 51 heavy (non-hydrogen) atoms. The Bertz CT molecular complexity index is 2080. The average Bonchev–Trinajstić information content (AvgIpc) is 3.76. The third kappa shape index (κ3) is 8.68. The number of esters is 1. The molecule has 6 rings (SSSR count). The van der Waals surface area contributed by atoms with Gasteiger partial charge in [0.2, 0.25) is 5.91 Å². The summed E-state index contributed by atoms with van der Waals surface area (Å²) in [4.78, 5) is 54.4. The van der Waals surface area contributed by atoms with Gasteiger partial charge in [0.1, 0.15) is 22.2 Å². The Kier molecular flexibility index (Phi) is 11.2. The van der Waals surface area contributed by atoms with Crippen LogP contribution >= 0.6 is 23.1 Å². The van der Waals surface area contributed by atoms with Crippen molar-refractivity contribution >= 4 is 63.6 Å². The van der Waals surface area contributed by atoms with Gasteiger partial charge < -0.3 is 25.1 Å². The van der Waals surface area contributed by atoms with Crippen molar-refractivity contribution in [3.05, 3.63) is 130 Å². The molecule has 1 unspecified atom stereocenters. The van der Waals surface area contributed by atoms with Gasteiger partial charge in [0.15, 0.2) is 0 Å². The fraction of sp³-hybridized carbons (Fsp3) is 0.200. The summed E-state index contributed by atoms with van der Waals surface area (Å²) in [6, 6.07) is 27.1. The zero-order chi connectivity index (χ0) is 35.9. The second kappa shape index (κ2) is 16.1. The lowest BCUT2D eigenvalue weighted by Gasteiger charge is -2.14. The van der Waals surface area contributed by atoms with Crippen LogP contribution in [0.2, 0.25) is 0 Å². The molecule has 0 bridgehead atoms. The molecular formula is C40H37N3O6S2. The van der Waals surface area contributed by atoms with Crippen LogP contribution in [0.3, 0.4) is 0 Å². The van der Waals surface area contributed by atoms with E-state index in [1.54, 1.807) is 61.5 Å². The van der Waals surface area contributed by atoms with E-state index in [0.29, 0.717) is 33.3 Å². The van der Waals surface area contributed by atoms with Gasteiger partial charge in [-0.05, 0) is 93.6 Å². The van der Waals surface area contributed by atoms with E-state index < -0.39 is 23.0 Å². The molecule has 3 amide bonds. The van der Waals surface area contributed by atoms with Gasteiger partial charge in [0.25, 0.3) is 11.8 Å². The average molecular weight is 720 g/mol. The van der Waals surface area contributed by atoms with Crippen molar-refractivity contribution in [1.82, 2.24) is 5.32 Å². The van der Waals surface area contributed by atoms with Crippen molar-refractivity contribution < 1.29 is 28.3 Å². The highest BCUT2D eigenvalue weighted by molar-refractivity contribution is 8.00. The summed E-state index contributed by atoms with van der Waals surface area (Å²) in [5.41, 5.74) is 4.36. The number of nitrogens with one attached hydrogen (secondary N) is 3. The fourth-order valence-electron chi connectivity index (χ4n) is 5.65. The maximum atomic E-state index is 13.6. The summed E-state index contributed by atoms with van der Waals surface area (Å²) in [7, 11) is 1.35. The van der Waals surface area contributed by atoms with E-state index in [1.807, 2.05) is 43.3 Å². The molecule has 9 nitrogen and oxygen atoms in total. The summed E-state index contributed by atoms with van der Waals surface area (Å²) in [6.45, 7) is 3.81. The number of anilines is 2. The summed E-state index contributed by atoms with van der Waals surface area (Å²) in [6.07, 6.45) is 5.25. The van der Waals surface area contributed by atoms with Crippen molar-refractivity contribution in [1.29, 1.82) is 0 Å². The van der Waals surface area contributed by atoms with Gasteiger partial charge >= 0.3 is 5.97 Å². The minimum absolute atomic E-state index is 0.000940. The first-order valence-corrected chi connectivity index (χ1v) is 18.2. The number of hydrogen-bond acceptors (Lipinski definition) is 8. The van der Waals surface area contributed by atoms with Gasteiger partial charge in [0.05, 0.1) is 17.9 Å². The Morgan fingerprint density at radius 2 is 1.61 bits per heavy atom. The number of fused-ring (bicyclic) bond motifs is 1. The lowest BCUT2D eigenvalue weighted by atomic mass is 9.95. The number of hydrogen-bond donors (Lipinski definition) is 3. The molecule has 0 spiro atoms. The standard InChI is InChI=1S/C40H37N3O6S2/c1-24-13-15-26(16-14-24)33-22-19-29(49-33)23-32(42-37(45)27-9-5-4-6-10-27)38(46)41-28-17-20-30(21-18-28)50-25(2)36(44)43-39-35(40(47)48-3)31-11-7-8-12-34(31)51-39/h4-6,9-10,13-23,25H,7-8,11-12H2,1-3H3,(H,41,46)(H,42,45)(H,43,44). The maximum Gasteiger partial charge on any atom is 0.341 e. The monoisotopic (exact) mass is 719 g/mol. The second-order valence-corrected chi connectivity index (χ2v) is 14.6. The second-order valence-electron chi connectivity index (χ2n) is 12.1. The van der Waals surface area contributed by atoms with Crippen molar-refractivity contribution in [3.8, 4) is 11.3 Å². The summed E-state index contributed by atoms with van der Waals surface area (Å²) >= 11 is 2.80. The Morgan fingerprint density at radius 1 is 0.882 bits per heavy atom. The van der Waals surface area contributed by atoms with E-state index in [1.165, 1.54) is 36.3 Å². The highest BCUT2D eigenvalue weighted by atomic mass is 32.2. The van der Waals surface area contributed by atoms with Crippen LogP contribution in [0.15, 0.2) is 106 Å². The molecule has 3 N–H and O–H groups in total. The van der Waals surface area contributed by atoms with E-state index in [4.69, 9.17) is 9.15 Å². The quantitative estimate of drug-likeness (QED) is 0.0710. The molecule has 3 aromatic carbocycles. The van der Waals surface area contributed by atoms with Crippen LogP contribution in [0.25, 0.3) is 17.4 Å². The number of thioether (sulfide) groups is 1. The molecule has 0 aliphatic heterocycles. The van der Waals surface area contributed by atoms with Crippen LogP contribution in [0, 0.1) is 6.92 Å². The molecule has 260 valence electrons.